The first-order valence-corrected chi connectivity index (χ1v) is 8.01. The van der Waals surface area contributed by atoms with Gasteiger partial charge in [0.15, 0.2) is 11.5 Å². The molecule has 2 rings (SSSR count). The molecule has 0 fully saturated rings. The average molecular weight is 382 g/mol. The molecule has 0 aliphatic heterocycles. The lowest BCUT2D eigenvalue weighted by Crippen LogP contribution is -1.97. The Labute approximate surface area is 150 Å². The summed E-state index contributed by atoms with van der Waals surface area (Å²) in [5, 5.41) is 9.49. The maximum Gasteiger partial charge on any atom is 0.163 e. The summed E-state index contributed by atoms with van der Waals surface area (Å²) < 4.78 is 11.6. The zero-order chi connectivity index (χ0) is 17.5. The summed E-state index contributed by atoms with van der Waals surface area (Å²) in [6.07, 6.45) is 7.03. The van der Waals surface area contributed by atoms with Gasteiger partial charge in [0.1, 0.15) is 6.61 Å². The minimum absolute atomic E-state index is 0.158. The van der Waals surface area contributed by atoms with Gasteiger partial charge in [-0.05, 0) is 36.3 Å². The van der Waals surface area contributed by atoms with Gasteiger partial charge in [0.2, 0.25) is 0 Å². The molecule has 2 aromatic carbocycles. The predicted octanol–water partition coefficient (Wildman–Crippen LogP) is 4.84. The molecule has 24 heavy (non-hydrogen) atoms. The van der Waals surface area contributed by atoms with E-state index in [1.165, 1.54) is 0 Å². The fourth-order valence-corrected chi connectivity index (χ4v) is 2.56. The van der Waals surface area contributed by atoms with Gasteiger partial charge in [0, 0.05) is 4.47 Å². The van der Waals surface area contributed by atoms with Crippen molar-refractivity contribution in [3.63, 3.8) is 0 Å². The molecule has 3 nitrogen and oxygen atoms in total. The smallest absolute Gasteiger partial charge is 0.163 e. The van der Waals surface area contributed by atoms with E-state index >= 15 is 0 Å². The van der Waals surface area contributed by atoms with Gasteiger partial charge in [0.05, 0.1) is 18.8 Å². The summed E-state index contributed by atoms with van der Waals surface area (Å²) in [6.45, 7) is 2.17. The highest BCUT2D eigenvalue weighted by atomic mass is 79.9. The lowest BCUT2D eigenvalue weighted by molar-refractivity contribution is 0.330. The molecule has 0 aliphatic carbocycles. The zero-order valence-corrected chi connectivity index (χ0v) is 15.1. The molecule has 0 radical (unpaired) electrons. The zero-order valence-electron chi connectivity index (χ0n) is 13.5. The van der Waals surface area contributed by atoms with E-state index in [1.54, 1.807) is 13.2 Å². The third kappa shape index (κ3) is 4.19. The number of halogens is 1. The molecule has 0 atom stereocenters. The number of aryl methyl sites for hydroxylation is 1. The van der Waals surface area contributed by atoms with E-state index in [0.29, 0.717) is 17.1 Å². The Morgan fingerprint density at radius 3 is 2.54 bits per heavy atom. The van der Waals surface area contributed by atoms with E-state index in [9.17, 15) is 5.26 Å². The first-order chi connectivity index (χ1) is 11.6. The van der Waals surface area contributed by atoms with Crippen LogP contribution in [0.2, 0.25) is 0 Å². The van der Waals surface area contributed by atoms with Gasteiger partial charge in [-0.2, -0.15) is 5.26 Å². The topological polar surface area (TPSA) is 42.2 Å². The van der Waals surface area contributed by atoms with Crippen molar-refractivity contribution in [2.45, 2.75) is 6.92 Å². The van der Waals surface area contributed by atoms with Crippen LogP contribution in [-0.4, -0.2) is 13.7 Å². The number of hydrogen-bond donors (Lipinski definition) is 0. The second-order valence-electron chi connectivity index (χ2n) is 5.05. The molecule has 0 amide bonds. The van der Waals surface area contributed by atoms with Gasteiger partial charge in [0.25, 0.3) is 0 Å². The van der Waals surface area contributed by atoms with Crippen molar-refractivity contribution >= 4 is 27.6 Å². The largest absolute Gasteiger partial charge is 0.493 e. The quantitative estimate of drug-likeness (QED) is 0.422. The molecule has 2 aromatic rings. The highest BCUT2D eigenvalue weighted by molar-refractivity contribution is 9.10. The van der Waals surface area contributed by atoms with Crippen LogP contribution >= 0.6 is 15.9 Å². The van der Waals surface area contributed by atoms with Crippen LogP contribution in [0.3, 0.4) is 0 Å². The van der Waals surface area contributed by atoms with Crippen molar-refractivity contribution in [2.75, 3.05) is 13.7 Å². The molecule has 0 unspecified atom stereocenters. The predicted molar refractivity (Wildman–Crippen MR) is 99.7 cm³/mol. The third-order valence-electron chi connectivity index (χ3n) is 3.38. The Bertz CT molecular complexity index is 840. The first-order valence-electron chi connectivity index (χ1n) is 7.21. The Hall–Kier alpha value is -2.69. The Balaban J connectivity index is 2.45. The number of ether oxygens (including phenoxy) is 2. The SMILES string of the molecule is C#CCOc1cc(Br)c(/C=C(/C#N)c2ccc(C)cc2)cc1OC. The van der Waals surface area contributed by atoms with Crippen LogP contribution in [0.5, 0.6) is 11.5 Å². The number of nitrogens with zero attached hydrogens (tertiary/aromatic N) is 1. The third-order valence-corrected chi connectivity index (χ3v) is 4.06. The molecule has 0 heterocycles. The van der Waals surface area contributed by atoms with Crippen molar-refractivity contribution in [2.24, 2.45) is 0 Å². The summed E-state index contributed by atoms with van der Waals surface area (Å²) in [6, 6.07) is 13.7. The van der Waals surface area contributed by atoms with Crippen LogP contribution in [0.1, 0.15) is 16.7 Å². The molecule has 0 N–H and O–H groups in total. The molecule has 4 heteroatoms. The second-order valence-corrected chi connectivity index (χ2v) is 5.91. The standard InChI is InChI=1S/C20H16BrNO2/c1-4-9-24-20-12-18(21)16(11-19(20)23-3)10-17(13-22)15-7-5-14(2)6-8-15/h1,5-8,10-12H,9H2,2-3H3/b17-10-. The van der Waals surface area contributed by atoms with Crippen LogP contribution in [-0.2, 0) is 0 Å². The second kappa shape index (κ2) is 8.24. The van der Waals surface area contributed by atoms with E-state index in [2.05, 4.69) is 27.9 Å². The maximum atomic E-state index is 9.49. The van der Waals surface area contributed by atoms with Crippen molar-refractivity contribution in [3.8, 4) is 29.9 Å². The number of allylic oxidation sites excluding steroid dienone is 1. The van der Waals surface area contributed by atoms with E-state index in [-0.39, 0.29) is 6.61 Å². The summed E-state index contributed by atoms with van der Waals surface area (Å²) in [5.74, 6) is 3.53. The van der Waals surface area contributed by atoms with Crippen LogP contribution in [0.4, 0.5) is 0 Å². The molecule has 0 saturated heterocycles. The number of rotatable bonds is 5. The Morgan fingerprint density at radius 1 is 1.25 bits per heavy atom. The maximum absolute atomic E-state index is 9.49. The fraction of sp³-hybridized carbons (Fsp3) is 0.150. The van der Waals surface area contributed by atoms with E-state index < -0.39 is 0 Å². The van der Waals surface area contributed by atoms with E-state index in [1.807, 2.05) is 43.3 Å². The van der Waals surface area contributed by atoms with Crippen LogP contribution < -0.4 is 9.47 Å². The number of benzene rings is 2. The minimum atomic E-state index is 0.158. The molecular formula is C20H16BrNO2. The summed E-state index contributed by atoms with van der Waals surface area (Å²) in [7, 11) is 1.56. The number of hydrogen-bond acceptors (Lipinski definition) is 3. The lowest BCUT2D eigenvalue weighted by Gasteiger charge is -2.11. The van der Waals surface area contributed by atoms with Gasteiger partial charge in [-0.3, -0.25) is 0 Å². The summed E-state index contributed by atoms with van der Waals surface area (Å²) >= 11 is 3.50. The molecular weight excluding hydrogens is 366 g/mol. The summed E-state index contributed by atoms with van der Waals surface area (Å²) in [5.41, 5.74) is 3.39. The number of methoxy groups -OCH3 is 1. The van der Waals surface area contributed by atoms with Crippen molar-refractivity contribution < 1.29 is 9.47 Å². The monoisotopic (exact) mass is 381 g/mol. The summed E-state index contributed by atoms with van der Waals surface area (Å²) in [4.78, 5) is 0. The van der Waals surface area contributed by atoms with E-state index in [4.69, 9.17) is 15.9 Å². The van der Waals surface area contributed by atoms with Crippen molar-refractivity contribution in [1.82, 2.24) is 0 Å². The molecule has 0 aliphatic rings. The van der Waals surface area contributed by atoms with Gasteiger partial charge in [-0.1, -0.05) is 51.7 Å². The van der Waals surface area contributed by atoms with Crippen molar-refractivity contribution in [3.05, 3.63) is 57.6 Å². The Morgan fingerprint density at radius 2 is 1.96 bits per heavy atom. The molecule has 120 valence electrons. The molecule has 0 saturated carbocycles. The number of nitriles is 1. The van der Waals surface area contributed by atoms with Gasteiger partial charge < -0.3 is 9.47 Å². The first kappa shape index (κ1) is 17.7. The molecule has 0 spiro atoms. The lowest BCUT2D eigenvalue weighted by atomic mass is 10.0. The van der Waals surface area contributed by atoms with E-state index in [0.717, 1.165) is 21.2 Å². The van der Waals surface area contributed by atoms with Gasteiger partial charge >= 0.3 is 0 Å². The van der Waals surface area contributed by atoms with Crippen LogP contribution in [0, 0.1) is 30.6 Å². The van der Waals surface area contributed by atoms with Gasteiger partial charge in [-0.15, -0.1) is 6.42 Å². The number of terminal acetylenes is 1. The normalized spacial score (nSPS) is 10.6. The van der Waals surface area contributed by atoms with Crippen LogP contribution in [0.25, 0.3) is 11.6 Å². The highest BCUT2D eigenvalue weighted by Crippen LogP contribution is 2.35. The minimum Gasteiger partial charge on any atom is -0.493 e. The van der Waals surface area contributed by atoms with Crippen LogP contribution in [0.15, 0.2) is 40.9 Å². The Kier molecular flexibility index (Phi) is 6.07. The van der Waals surface area contributed by atoms with Gasteiger partial charge in [-0.25, -0.2) is 0 Å². The highest BCUT2D eigenvalue weighted by Gasteiger charge is 2.10. The average Bonchev–Trinajstić information content (AvgIpc) is 2.60. The fourth-order valence-electron chi connectivity index (χ4n) is 2.12. The molecule has 0 aromatic heterocycles. The molecule has 0 bridgehead atoms. The van der Waals surface area contributed by atoms with Crippen molar-refractivity contribution in [1.29, 1.82) is 5.26 Å².